The highest BCUT2D eigenvalue weighted by Gasteiger charge is 2.32. The van der Waals surface area contributed by atoms with Gasteiger partial charge in [0, 0.05) is 30.6 Å². The fourth-order valence-corrected chi connectivity index (χ4v) is 5.08. The fourth-order valence-electron chi connectivity index (χ4n) is 5.08. The molecule has 5 rings (SSSR count). The van der Waals surface area contributed by atoms with E-state index in [1.165, 1.54) is 43.5 Å². The molecule has 2 aliphatic rings. The summed E-state index contributed by atoms with van der Waals surface area (Å²) in [5, 5.41) is 0. The smallest absolute Gasteiger partial charge is 0.233 e. The number of rotatable bonds is 7. The zero-order chi connectivity index (χ0) is 21.1. The maximum Gasteiger partial charge on any atom is 0.233 e. The quantitative estimate of drug-likeness (QED) is 0.514. The number of hydrogen-bond acceptors (Lipinski definition) is 4. The monoisotopic (exact) mass is 415 g/mol. The van der Waals surface area contributed by atoms with Crippen LogP contribution in [0.25, 0.3) is 0 Å². The number of benzene rings is 1. The summed E-state index contributed by atoms with van der Waals surface area (Å²) in [6.07, 6.45) is 8.77. The van der Waals surface area contributed by atoms with Crippen molar-refractivity contribution in [1.82, 2.24) is 19.4 Å². The predicted octanol–water partition coefficient (Wildman–Crippen LogP) is 4.91. The van der Waals surface area contributed by atoms with E-state index in [9.17, 15) is 0 Å². The van der Waals surface area contributed by atoms with Crippen LogP contribution >= 0.6 is 0 Å². The van der Waals surface area contributed by atoms with Crippen LogP contribution in [0, 0.1) is 0 Å². The zero-order valence-electron chi connectivity index (χ0n) is 18.3. The minimum absolute atomic E-state index is 0.504. The van der Waals surface area contributed by atoms with E-state index in [1.807, 2.05) is 36.7 Å². The average Bonchev–Trinajstić information content (AvgIpc) is 3.50. The molecule has 160 valence electrons. The Hall–Kier alpha value is -2.76. The van der Waals surface area contributed by atoms with Gasteiger partial charge in [-0.05, 0) is 74.2 Å². The van der Waals surface area contributed by atoms with Crippen LogP contribution in [-0.4, -0.2) is 48.2 Å². The summed E-state index contributed by atoms with van der Waals surface area (Å²) >= 11 is 0. The summed E-state index contributed by atoms with van der Waals surface area (Å²) in [6, 6.07) is 19.4. The third-order valence-electron chi connectivity index (χ3n) is 6.86. The first kappa shape index (κ1) is 20.2. The standard InChI is InChI=1S/C26H31N4O/c1-30(25-8-2-4-14-27-25,26-9-3-5-15-28-26)18-19-31-22-11-12-23-21(20-22)10-13-24(23)29-16-6-7-17-29/h2-5,8-9,11-12,14-15,20,24H,6-7,10,13,16-19H2,1H3/q+1. The van der Waals surface area contributed by atoms with Gasteiger partial charge in [-0.3, -0.25) is 4.90 Å². The molecule has 1 unspecified atom stereocenters. The molecule has 5 nitrogen and oxygen atoms in total. The lowest BCUT2D eigenvalue weighted by Gasteiger charge is -2.30. The van der Waals surface area contributed by atoms with E-state index >= 15 is 0 Å². The number of likely N-dealkylation sites (tertiary alicyclic amines) is 1. The predicted molar refractivity (Wildman–Crippen MR) is 125 cm³/mol. The minimum atomic E-state index is 0.504. The molecule has 5 heteroatoms. The van der Waals surface area contributed by atoms with Crippen molar-refractivity contribution in [3.63, 3.8) is 0 Å². The lowest BCUT2D eigenvalue weighted by atomic mass is 10.1. The van der Waals surface area contributed by atoms with Gasteiger partial charge in [0.05, 0.1) is 7.05 Å². The van der Waals surface area contributed by atoms with Crippen LogP contribution in [0.5, 0.6) is 5.75 Å². The largest absolute Gasteiger partial charge is 0.488 e. The highest BCUT2D eigenvalue weighted by molar-refractivity contribution is 5.49. The maximum absolute atomic E-state index is 6.25. The Bertz CT molecular complexity index is 963. The Kier molecular flexibility index (Phi) is 5.70. The number of fused-ring (bicyclic) bond motifs is 1. The van der Waals surface area contributed by atoms with E-state index in [0.29, 0.717) is 17.1 Å². The van der Waals surface area contributed by atoms with E-state index in [0.717, 1.165) is 30.4 Å². The topological polar surface area (TPSA) is 38.2 Å². The van der Waals surface area contributed by atoms with E-state index in [-0.39, 0.29) is 0 Å². The van der Waals surface area contributed by atoms with E-state index in [2.05, 4.69) is 52.2 Å². The van der Waals surface area contributed by atoms with E-state index < -0.39 is 0 Å². The van der Waals surface area contributed by atoms with Gasteiger partial charge in [-0.2, -0.15) is 0 Å². The number of nitrogens with zero attached hydrogens (tertiary/aromatic N) is 4. The van der Waals surface area contributed by atoms with Gasteiger partial charge in [-0.15, -0.1) is 0 Å². The van der Waals surface area contributed by atoms with Crippen LogP contribution in [0.15, 0.2) is 67.0 Å². The molecule has 1 saturated heterocycles. The van der Waals surface area contributed by atoms with Crippen molar-refractivity contribution < 1.29 is 4.74 Å². The van der Waals surface area contributed by atoms with Gasteiger partial charge < -0.3 is 4.74 Å². The summed E-state index contributed by atoms with van der Waals surface area (Å²) in [7, 11) is 2.15. The van der Waals surface area contributed by atoms with Gasteiger partial charge in [0.25, 0.3) is 0 Å². The molecule has 0 radical (unpaired) electrons. The zero-order valence-corrected chi connectivity index (χ0v) is 18.3. The van der Waals surface area contributed by atoms with Gasteiger partial charge in [0.15, 0.2) is 0 Å². The molecule has 0 spiro atoms. The molecule has 1 aromatic carbocycles. The molecule has 1 atom stereocenters. The third-order valence-corrected chi connectivity index (χ3v) is 6.86. The molecule has 0 bridgehead atoms. The summed E-state index contributed by atoms with van der Waals surface area (Å²) < 4.78 is 6.75. The molecular formula is C26H31N4O+. The number of pyridine rings is 2. The minimum Gasteiger partial charge on any atom is -0.488 e. The molecule has 0 saturated carbocycles. The summed E-state index contributed by atoms with van der Waals surface area (Å²) in [6.45, 7) is 3.85. The van der Waals surface area contributed by atoms with Gasteiger partial charge >= 0.3 is 0 Å². The van der Waals surface area contributed by atoms with Crippen LogP contribution < -0.4 is 9.22 Å². The van der Waals surface area contributed by atoms with E-state index in [4.69, 9.17) is 4.74 Å². The van der Waals surface area contributed by atoms with Crippen molar-refractivity contribution in [2.75, 3.05) is 33.3 Å². The van der Waals surface area contributed by atoms with Crippen molar-refractivity contribution in [2.24, 2.45) is 0 Å². The molecule has 31 heavy (non-hydrogen) atoms. The molecule has 3 heterocycles. The molecule has 0 amide bonds. The van der Waals surface area contributed by atoms with Crippen molar-refractivity contribution in [3.05, 3.63) is 78.1 Å². The molecule has 1 aliphatic carbocycles. The van der Waals surface area contributed by atoms with Gasteiger partial charge in [-0.25, -0.2) is 14.5 Å². The van der Waals surface area contributed by atoms with Crippen molar-refractivity contribution in [1.29, 1.82) is 0 Å². The Morgan fingerprint density at radius 2 is 1.68 bits per heavy atom. The SMILES string of the molecule is C[N+](CCOc1ccc2c(c1)CCC2N1CCCC1)(c1ccccn1)c1ccccn1. The van der Waals surface area contributed by atoms with Crippen molar-refractivity contribution >= 4 is 11.6 Å². The molecular weight excluding hydrogens is 384 g/mol. The molecule has 0 N–H and O–H groups in total. The first-order chi connectivity index (χ1) is 15.2. The third kappa shape index (κ3) is 4.08. The van der Waals surface area contributed by atoms with Crippen molar-refractivity contribution in [2.45, 2.75) is 31.7 Å². The first-order valence-corrected chi connectivity index (χ1v) is 11.4. The highest BCUT2D eigenvalue weighted by atomic mass is 16.5. The second kappa shape index (κ2) is 8.77. The van der Waals surface area contributed by atoms with Crippen LogP contribution in [-0.2, 0) is 6.42 Å². The maximum atomic E-state index is 6.25. The van der Waals surface area contributed by atoms with Crippen LogP contribution in [0.3, 0.4) is 0 Å². The normalized spacial score (nSPS) is 18.8. The number of aryl methyl sites for hydroxylation is 1. The molecule has 1 fully saturated rings. The van der Waals surface area contributed by atoms with Crippen LogP contribution in [0.2, 0.25) is 0 Å². The average molecular weight is 416 g/mol. The molecule has 3 aromatic rings. The van der Waals surface area contributed by atoms with Gasteiger partial charge in [0.2, 0.25) is 11.6 Å². The number of quaternary nitrogens is 1. The van der Waals surface area contributed by atoms with Gasteiger partial charge in [0.1, 0.15) is 18.9 Å². The van der Waals surface area contributed by atoms with Crippen molar-refractivity contribution in [3.8, 4) is 5.75 Å². The fraction of sp³-hybridized carbons (Fsp3) is 0.385. The van der Waals surface area contributed by atoms with E-state index in [1.54, 1.807) is 0 Å². The number of ether oxygens (including phenoxy) is 1. The second-order valence-corrected chi connectivity index (χ2v) is 8.80. The Morgan fingerprint density at radius 1 is 0.968 bits per heavy atom. The molecule has 1 aliphatic heterocycles. The van der Waals surface area contributed by atoms with Crippen LogP contribution in [0.1, 0.15) is 36.4 Å². The number of aromatic nitrogens is 2. The Balaban J connectivity index is 1.29. The lowest BCUT2D eigenvalue weighted by Crippen LogP contribution is -2.44. The Morgan fingerprint density at radius 3 is 2.32 bits per heavy atom. The van der Waals surface area contributed by atoms with Gasteiger partial charge in [-0.1, -0.05) is 18.2 Å². The summed E-state index contributed by atoms with van der Waals surface area (Å²) in [5.41, 5.74) is 2.97. The highest BCUT2D eigenvalue weighted by Crippen LogP contribution is 2.39. The lowest BCUT2D eigenvalue weighted by molar-refractivity contribution is 0.245. The summed E-state index contributed by atoms with van der Waals surface area (Å²) in [4.78, 5) is 11.9. The molecule has 2 aromatic heterocycles. The number of hydrogen-bond donors (Lipinski definition) is 0. The van der Waals surface area contributed by atoms with Crippen LogP contribution in [0.4, 0.5) is 11.6 Å². The second-order valence-electron chi connectivity index (χ2n) is 8.80. The summed E-state index contributed by atoms with van der Waals surface area (Å²) in [5.74, 6) is 2.90. The Labute approximate surface area is 184 Å². The first-order valence-electron chi connectivity index (χ1n) is 11.4. The number of likely N-dealkylation sites (N-methyl/N-ethyl adjacent to an activating group) is 1.